The lowest BCUT2D eigenvalue weighted by Crippen LogP contribution is -2.13. The number of thiazole rings is 1. The van der Waals surface area contributed by atoms with Crippen molar-refractivity contribution in [1.82, 2.24) is 14.8 Å². The average Bonchev–Trinajstić information content (AvgIpc) is 3.33. The molecule has 1 N–H and O–H groups in total. The number of H-pyrrole nitrogens is 1. The molecule has 156 valence electrons. The highest BCUT2D eigenvalue weighted by Gasteiger charge is 2.17. The molecule has 2 heterocycles. The molecule has 0 spiro atoms. The first-order chi connectivity index (χ1) is 14.8. The van der Waals surface area contributed by atoms with Crippen molar-refractivity contribution in [3.05, 3.63) is 85.1 Å². The van der Waals surface area contributed by atoms with Gasteiger partial charge >= 0.3 is 5.56 Å². The first-order valence-corrected chi connectivity index (χ1v) is 10.2. The van der Waals surface area contributed by atoms with Gasteiger partial charge in [-0.1, -0.05) is 35.9 Å². The smallest absolute Gasteiger partial charge is 0.291 e. The lowest BCUT2D eigenvalue weighted by atomic mass is 10.1. The Labute approximate surface area is 180 Å². The van der Waals surface area contributed by atoms with E-state index in [4.69, 9.17) is 0 Å². The molecule has 0 atom stereocenters. The van der Waals surface area contributed by atoms with Crippen molar-refractivity contribution >= 4 is 28.4 Å². The van der Waals surface area contributed by atoms with Crippen molar-refractivity contribution in [1.29, 1.82) is 0 Å². The molecule has 0 aliphatic heterocycles. The summed E-state index contributed by atoms with van der Waals surface area (Å²) in [5.74, 6) is 0. The van der Waals surface area contributed by atoms with Gasteiger partial charge in [0.2, 0.25) is 5.13 Å². The fourth-order valence-corrected chi connectivity index (χ4v) is 3.77. The molecule has 2 aromatic heterocycles. The molecule has 4 aromatic rings. The van der Waals surface area contributed by atoms with Crippen molar-refractivity contribution in [3.63, 3.8) is 0 Å². The predicted octanol–water partition coefficient (Wildman–Crippen LogP) is 5.54. The van der Waals surface area contributed by atoms with Crippen LogP contribution >= 0.6 is 11.3 Å². The van der Waals surface area contributed by atoms with Gasteiger partial charge in [0.15, 0.2) is 11.4 Å². The van der Waals surface area contributed by atoms with E-state index in [-0.39, 0.29) is 17.1 Å². The number of nitro groups is 1. The van der Waals surface area contributed by atoms with Gasteiger partial charge in [-0.05, 0) is 32.4 Å². The number of hydrogen-bond donors (Lipinski definition) is 1. The molecule has 0 aliphatic carbocycles. The van der Waals surface area contributed by atoms with E-state index in [0.717, 1.165) is 22.4 Å². The summed E-state index contributed by atoms with van der Waals surface area (Å²) in [5, 5.41) is 24.5. The molecule has 0 unspecified atom stereocenters. The Hall–Kier alpha value is -3.92. The fraction of sp³-hybridized carbons (Fsp3) is 0.143. The largest absolute Gasteiger partial charge is 0.301 e. The van der Waals surface area contributed by atoms with E-state index < -0.39 is 10.5 Å². The van der Waals surface area contributed by atoms with Gasteiger partial charge in [0.1, 0.15) is 0 Å². The second kappa shape index (κ2) is 8.07. The van der Waals surface area contributed by atoms with Crippen LogP contribution in [0.1, 0.15) is 16.8 Å². The highest BCUT2D eigenvalue weighted by Crippen LogP contribution is 2.30. The number of rotatable bonds is 5. The van der Waals surface area contributed by atoms with Crippen molar-refractivity contribution in [2.75, 3.05) is 0 Å². The van der Waals surface area contributed by atoms with Gasteiger partial charge < -0.3 is 0 Å². The molecule has 0 bridgehead atoms. The van der Waals surface area contributed by atoms with Crippen LogP contribution in [0.5, 0.6) is 0 Å². The Morgan fingerprint density at radius 2 is 1.77 bits per heavy atom. The predicted molar refractivity (Wildman–Crippen MR) is 119 cm³/mol. The summed E-state index contributed by atoms with van der Waals surface area (Å²) in [6.45, 7) is 5.45. The number of aromatic amines is 1. The molecular formula is C21H18N6O3S. The van der Waals surface area contributed by atoms with E-state index >= 15 is 0 Å². The third-order valence-electron chi connectivity index (χ3n) is 4.66. The number of azo groups is 1. The van der Waals surface area contributed by atoms with Gasteiger partial charge in [-0.15, -0.1) is 21.6 Å². The van der Waals surface area contributed by atoms with E-state index in [1.165, 1.54) is 28.2 Å². The minimum absolute atomic E-state index is 0.0713. The molecule has 0 amide bonds. The Morgan fingerprint density at radius 3 is 2.48 bits per heavy atom. The number of nitrogens with zero attached hydrogens (tertiary/aromatic N) is 5. The number of nitro benzene ring substituents is 1. The molecule has 2 aromatic carbocycles. The van der Waals surface area contributed by atoms with Crippen molar-refractivity contribution in [3.8, 4) is 16.4 Å². The average molecular weight is 434 g/mol. The summed E-state index contributed by atoms with van der Waals surface area (Å²) in [5.41, 5.74) is 3.64. The van der Waals surface area contributed by atoms with Crippen LogP contribution in [0.25, 0.3) is 16.4 Å². The summed E-state index contributed by atoms with van der Waals surface area (Å²) < 4.78 is 1.30. The highest BCUT2D eigenvalue weighted by atomic mass is 32.1. The molecule has 9 nitrogen and oxygen atoms in total. The van der Waals surface area contributed by atoms with Crippen LogP contribution in [-0.4, -0.2) is 19.7 Å². The zero-order valence-corrected chi connectivity index (χ0v) is 17.8. The zero-order valence-electron chi connectivity index (χ0n) is 17.0. The number of aromatic nitrogens is 3. The normalized spacial score (nSPS) is 11.3. The third-order valence-corrected chi connectivity index (χ3v) is 5.48. The Kier molecular flexibility index (Phi) is 5.30. The van der Waals surface area contributed by atoms with Crippen LogP contribution in [0.15, 0.2) is 62.9 Å². The van der Waals surface area contributed by atoms with Crippen LogP contribution in [-0.2, 0) is 0 Å². The minimum atomic E-state index is -0.522. The maximum Gasteiger partial charge on any atom is 0.301 e. The summed E-state index contributed by atoms with van der Waals surface area (Å²) in [7, 11) is 0. The summed E-state index contributed by atoms with van der Waals surface area (Å²) in [6, 6.07) is 12.6. The van der Waals surface area contributed by atoms with Gasteiger partial charge in [0, 0.05) is 17.0 Å². The molecule has 0 aliphatic rings. The molecule has 10 heteroatoms. The van der Waals surface area contributed by atoms with Crippen molar-refractivity contribution in [2.45, 2.75) is 20.8 Å². The van der Waals surface area contributed by atoms with E-state index in [1.807, 2.05) is 36.6 Å². The number of nitrogens with one attached hydrogen (secondary N) is 1. The molecule has 4 rings (SSSR count). The highest BCUT2D eigenvalue weighted by molar-refractivity contribution is 7.12. The van der Waals surface area contributed by atoms with Crippen LogP contribution in [0, 0.1) is 30.9 Å². The van der Waals surface area contributed by atoms with E-state index in [2.05, 4.69) is 20.3 Å². The molecule has 0 fully saturated rings. The fourth-order valence-electron chi connectivity index (χ4n) is 2.98. The van der Waals surface area contributed by atoms with Gasteiger partial charge in [-0.3, -0.25) is 20.0 Å². The first kappa shape index (κ1) is 20.4. The number of hydrogen-bond acceptors (Lipinski definition) is 7. The van der Waals surface area contributed by atoms with Crippen LogP contribution in [0.4, 0.5) is 17.1 Å². The lowest BCUT2D eigenvalue weighted by molar-refractivity contribution is -0.384. The van der Waals surface area contributed by atoms with Gasteiger partial charge in [0.25, 0.3) is 5.69 Å². The van der Waals surface area contributed by atoms with Crippen LogP contribution in [0.3, 0.4) is 0 Å². The molecule has 0 radical (unpaired) electrons. The monoisotopic (exact) mass is 434 g/mol. The lowest BCUT2D eigenvalue weighted by Gasteiger charge is -1.97. The Morgan fingerprint density at radius 1 is 1.06 bits per heavy atom. The summed E-state index contributed by atoms with van der Waals surface area (Å²) >= 11 is 1.32. The van der Waals surface area contributed by atoms with Crippen molar-refractivity contribution in [2.24, 2.45) is 10.2 Å². The number of benzene rings is 2. The van der Waals surface area contributed by atoms with Gasteiger partial charge in [-0.25, -0.2) is 4.98 Å². The zero-order chi connectivity index (χ0) is 22.1. The topological polar surface area (TPSA) is 119 Å². The van der Waals surface area contributed by atoms with E-state index in [9.17, 15) is 14.9 Å². The Bertz CT molecular complexity index is 1360. The SMILES string of the molecule is Cc1ccc(-c2csc(-n3[nH]c(C)c(N=Nc4ccc(C)cc4[N+](=O)[O-])c3=O)n2)cc1. The number of aryl methyl sites for hydroxylation is 3. The molecule has 0 saturated carbocycles. The van der Waals surface area contributed by atoms with E-state index in [0.29, 0.717) is 10.8 Å². The Balaban J connectivity index is 1.68. The summed E-state index contributed by atoms with van der Waals surface area (Å²) in [4.78, 5) is 28.2. The van der Waals surface area contributed by atoms with Gasteiger partial charge in [0.05, 0.1) is 16.3 Å². The van der Waals surface area contributed by atoms with Crippen LogP contribution in [0.2, 0.25) is 0 Å². The minimum Gasteiger partial charge on any atom is -0.291 e. The van der Waals surface area contributed by atoms with Crippen molar-refractivity contribution < 1.29 is 4.92 Å². The molecule has 0 saturated heterocycles. The maximum atomic E-state index is 12.9. The van der Waals surface area contributed by atoms with Crippen LogP contribution < -0.4 is 5.56 Å². The first-order valence-electron chi connectivity index (χ1n) is 9.35. The van der Waals surface area contributed by atoms with E-state index in [1.54, 1.807) is 19.9 Å². The van der Waals surface area contributed by atoms with Gasteiger partial charge in [-0.2, -0.15) is 4.68 Å². The third kappa shape index (κ3) is 4.05. The molecular weight excluding hydrogens is 416 g/mol. The maximum absolute atomic E-state index is 12.9. The quantitative estimate of drug-likeness (QED) is 0.252. The molecule has 31 heavy (non-hydrogen) atoms. The standard InChI is InChI=1S/C21H18N6O3S/c1-12-4-7-15(8-5-12)17-11-31-21(22-17)26-20(28)19(14(3)25-26)24-23-16-9-6-13(2)10-18(16)27(29)30/h4-11,25H,1-3H3. The summed E-state index contributed by atoms with van der Waals surface area (Å²) in [6.07, 6.45) is 0. The second-order valence-electron chi connectivity index (χ2n) is 7.06. The second-order valence-corrected chi connectivity index (χ2v) is 7.89.